The Bertz CT molecular complexity index is 452. The van der Waals surface area contributed by atoms with Crippen molar-refractivity contribution >= 4 is 17.3 Å². The second-order valence-electron chi connectivity index (χ2n) is 4.36. The van der Waals surface area contributed by atoms with E-state index in [0.717, 1.165) is 18.6 Å². The molecule has 0 amide bonds. The minimum atomic E-state index is -4.33. The van der Waals surface area contributed by atoms with Gasteiger partial charge in [0, 0.05) is 26.3 Å². The summed E-state index contributed by atoms with van der Waals surface area (Å²) in [6.07, 6.45) is -3.51. The lowest BCUT2D eigenvalue weighted by molar-refractivity contribution is -0.137. The van der Waals surface area contributed by atoms with Gasteiger partial charge in [-0.3, -0.25) is 0 Å². The average molecular weight is 320 g/mol. The van der Waals surface area contributed by atoms with Crippen molar-refractivity contribution in [2.75, 3.05) is 19.8 Å². The largest absolute Gasteiger partial charge is 0.416 e. The molecule has 0 aromatic heterocycles. The Balaban J connectivity index is 2.33. The molecule has 7 heteroatoms. The van der Waals surface area contributed by atoms with Crippen LogP contribution in [0.15, 0.2) is 24.3 Å². The minimum absolute atomic E-state index is 0.251. The van der Waals surface area contributed by atoms with E-state index in [9.17, 15) is 13.2 Å². The summed E-state index contributed by atoms with van der Waals surface area (Å²) in [6.45, 7) is 4.17. The van der Waals surface area contributed by atoms with E-state index in [0.29, 0.717) is 30.4 Å². The summed E-state index contributed by atoms with van der Waals surface area (Å²) in [5, 5.41) is 6.28. The van der Waals surface area contributed by atoms with Crippen molar-refractivity contribution < 1.29 is 17.9 Å². The van der Waals surface area contributed by atoms with Crippen molar-refractivity contribution in [1.29, 1.82) is 0 Å². The Morgan fingerprint density at radius 3 is 2.71 bits per heavy atom. The van der Waals surface area contributed by atoms with Crippen LogP contribution in [0.3, 0.4) is 0 Å². The van der Waals surface area contributed by atoms with Crippen molar-refractivity contribution in [1.82, 2.24) is 10.6 Å². The Hall–Kier alpha value is -1.34. The molecule has 2 N–H and O–H groups in total. The number of nitrogens with one attached hydrogen (secondary N) is 2. The van der Waals surface area contributed by atoms with E-state index in [-0.39, 0.29) is 6.54 Å². The molecule has 0 aliphatic carbocycles. The summed E-state index contributed by atoms with van der Waals surface area (Å²) in [6, 6.07) is 5.18. The fourth-order valence-corrected chi connectivity index (χ4v) is 1.80. The maximum atomic E-state index is 12.6. The molecule has 0 fully saturated rings. The number of alkyl halides is 3. The van der Waals surface area contributed by atoms with Crippen molar-refractivity contribution in [3.63, 3.8) is 0 Å². The Kier molecular flexibility index (Phi) is 7.45. The number of hydrogen-bond acceptors (Lipinski definition) is 2. The van der Waals surface area contributed by atoms with Crippen LogP contribution < -0.4 is 10.6 Å². The van der Waals surface area contributed by atoms with Gasteiger partial charge in [-0.05, 0) is 43.3 Å². The van der Waals surface area contributed by atoms with Crippen LogP contribution in [0.25, 0.3) is 0 Å². The van der Waals surface area contributed by atoms with Gasteiger partial charge in [-0.25, -0.2) is 0 Å². The highest BCUT2D eigenvalue weighted by molar-refractivity contribution is 7.80. The van der Waals surface area contributed by atoms with Crippen LogP contribution in [0.4, 0.5) is 13.2 Å². The van der Waals surface area contributed by atoms with E-state index in [2.05, 4.69) is 10.6 Å². The second-order valence-corrected chi connectivity index (χ2v) is 4.77. The lowest BCUT2D eigenvalue weighted by Gasteiger charge is -2.12. The molecule has 0 radical (unpaired) electrons. The van der Waals surface area contributed by atoms with Gasteiger partial charge in [0.25, 0.3) is 0 Å². The molecule has 0 atom stereocenters. The predicted molar refractivity (Wildman–Crippen MR) is 80.0 cm³/mol. The highest BCUT2D eigenvalue weighted by Crippen LogP contribution is 2.29. The Labute approximate surface area is 127 Å². The van der Waals surface area contributed by atoms with Crippen molar-refractivity contribution in [3.05, 3.63) is 35.4 Å². The minimum Gasteiger partial charge on any atom is -0.382 e. The third-order valence-electron chi connectivity index (χ3n) is 2.66. The predicted octanol–water partition coefficient (Wildman–Crippen LogP) is 3.10. The van der Waals surface area contributed by atoms with E-state index in [4.69, 9.17) is 17.0 Å². The SMILES string of the molecule is CCOCCCNC(=S)NCc1cccc(C(F)(F)F)c1. The zero-order valence-corrected chi connectivity index (χ0v) is 12.6. The zero-order chi connectivity index (χ0) is 15.7. The van der Waals surface area contributed by atoms with Gasteiger partial charge in [0.15, 0.2) is 5.11 Å². The van der Waals surface area contributed by atoms with Gasteiger partial charge >= 0.3 is 6.18 Å². The lowest BCUT2D eigenvalue weighted by Crippen LogP contribution is -2.35. The van der Waals surface area contributed by atoms with E-state index in [1.165, 1.54) is 6.07 Å². The van der Waals surface area contributed by atoms with Crippen LogP contribution in [0, 0.1) is 0 Å². The van der Waals surface area contributed by atoms with Crippen LogP contribution in [0.5, 0.6) is 0 Å². The number of rotatable bonds is 7. The molecule has 118 valence electrons. The maximum absolute atomic E-state index is 12.6. The van der Waals surface area contributed by atoms with Crippen LogP contribution in [-0.4, -0.2) is 24.9 Å². The first-order chi connectivity index (χ1) is 9.93. The first kappa shape index (κ1) is 17.7. The molecule has 1 aromatic rings. The molecule has 0 unspecified atom stereocenters. The first-order valence-electron chi connectivity index (χ1n) is 6.69. The molecule has 0 aliphatic heterocycles. The molecule has 1 rings (SSSR count). The molecule has 0 aliphatic rings. The molecule has 0 spiro atoms. The maximum Gasteiger partial charge on any atom is 0.416 e. The topological polar surface area (TPSA) is 33.3 Å². The molecule has 0 saturated heterocycles. The number of halogens is 3. The summed E-state index contributed by atoms with van der Waals surface area (Å²) >= 11 is 5.05. The third kappa shape index (κ3) is 7.29. The molecular weight excluding hydrogens is 301 g/mol. The standard InChI is InChI=1S/C14H19F3N2OS/c1-2-20-8-4-7-18-13(21)19-10-11-5-3-6-12(9-11)14(15,16)17/h3,5-6,9H,2,4,7-8,10H2,1H3,(H2,18,19,21). The van der Waals surface area contributed by atoms with Crippen LogP contribution in [0.2, 0.25) is 0 Å². The monoisotopic (exact) mass is 320 g/mol. The molecule has 0 heterocycles. The van der Waals surface area contributed by atoms with Gasteiger partial charge in [-0.1, -0.05) is 12.1 Å². The number of thiocarbonyl (C=S) groups is 1. The van der Waals surface area contributed by atoms with E-state index < -0.39 is 11.7 Å². The fraction of sp³-hybridized carbons (Fsp3) is 0.500. The summed E-state index contributed by atoms with van der Waals surface area (Å²) < 4.78 is 42.9. The highest BCUT2D eigenvalue weighted by atomic mass is 32.1. The Morgan fingerprint density at radius 1 is 1.29 bits per heavy atom. The van der Waals surface area contributed by atoms with Crippen molar-refractivity contribution in [3.8, 4) is 0 Å². The van der Waals surface area contributed by atoms with Gasteiger partial charge < -0.3 is 15.4 Å². The molecular formula is C14H19F3N2OS. The van der Waals surface area contributed by atoms with Crippen molar-refractivity contribution in [2.45, 2.75) is 26.1 Å². The van der Waals surface area contributed by atoms with Gasteiger partial charge in [-0.15, -0.1) is 0 Å². The zero-order valence-electron chi connectivity index (χ0n) is 11.8. The first-order valence-corrected chi connectivity index (χ1v) is 7.10. The van der Waals surface area contributed by atoms with E-state index in [1.54, 1.807) is 6.07 Å². The highest BCUT2D eigenvalue weighted by Gasteiger charge is 2.30. The fourth-order valence-electron chi connectivity index (χ4n) is 1.62. The lowest BCUT2D eigenvalue weighted by atomic mass is 10.1. The quantitative estimate of drug-likeness (QED) is 0.597. The molecule has 0 saturated carbocycles. The smallest absolute Gasteiger partial charge is 0.382 e. The number of ether oxygens (including phenoxy) is 1. The molecule has 1 aromatic carbocycles. The van der Waals surface area contributed by atoms with E-state index >= 15 is 0 Å². The molecule has 0 bridgehead atoms. The summed E-state index contributed by atoms with van der Waals surface area (Å²) in [5.41, 5.74) is -0.124. The third-order valence-corrected chi connectivity index (χ3v) is 2.95. The van der Waals surface area contributed by atoms with Gasteiger partial charge in [0.2, 0.25) is 0 Å². The summed E-state index contributed by atoms with van der Waals surface area (Å²) in [7, 11) is 0. The van der Waals surface area contributed by atoms with Crippen LogP contribution in [0.1, 0.15) is 24.5 Å². The molecule has 3 nitrogen and oxygen atoms in total. The summed E-state index contributed by atoms with van der Waals surface area (Å²) in [5.74, 6) is 0. The van der Waals surface area contributed by atoms with Gasteiger partial charge in [0.05, 0.1) is 5.56 Å². The number of benzene rings is 1. The second kappa shape index (κ2) is 8.84. The van der Waals surface area contributed by atoms with Crippen molar-refractivity contribution in [2.24, 2.45) is 0 Å². The molecule has 21 heavy (non-hydrogen) atoms. The van der Waals surface area contributed by atoms with Gasteiger partial charge in [-0.2, -0.15) is 13.2 Å². The average Bonchev–Trinajstić information content (AvgIpc) is 2.44. The summed E-state index contributed by atoms with van der Waals surface area (Å²) in [4.78, 5) is 0. The van der Waals surface area contributed by atoms with Crippen LogP contribution in [-0.2, 0) is 17.5 Å². The van der Waals surface area contributed by atoms with Gasteiger partial charge in [0.1, 0.15) is 0 Å². The number of hydrogen-bond donors (Lipinski definition) is 2. The van der Waals surface area contributed by atoms with Crippen LogP contribution >= 0.6 is 12.2 Å². The normalized spacial score (nSPS) is 11.2. The Morgan fingerprint density at radius 2 is 2.05 bits per heavy atom. The van der Waals surface area contributed by atoms with E-state index in [1.807, 2.05) is 6.92 Å².